The molecule has 6 aromatic heterocycles. The van der Waals surface area contributed by atoms with Gasteiger partial charge in [0.25, 0.3) is 11.1 Å². The van der Waals surface area contributed by atoms with Gasteiger partial charge < -0.3 is 26.4 Å². The lowest BCUT2D eigenvalue weighted by Gasteiger charge is -2.16. The summed E-state index contributed by atoms with van der Waals surface area (Å²) in [6.45, 7) is 0. The Morgan fingerprint density at radius 2 is 1.30 bits per heavy atom. The van der Waals surface area contributed by atoms with Gasteiger partial charge in [0, 0.05) is 83.7 Å². The molecule has 2 aliphatic carbocycles. The number of thioether (sulfide) groups is 1. The molecule has 0 aliphatic heterocycles. The second-order valence-corrected chi connectivity index (χ2v) is 15.3. The highest BCUT2D eigenvalue weighted by molar-refractivity contribution is 7.98. The second-order valence-electron chi connectivity index (χ2n) is 14.4. The van der Waals surface area contributed by atoms with E-state index in [2.05, 4.69) is 57.4 Å². The van der Waals surface area contributed by atoms with Gasteiger partial charge in [-0.2, -0.15) is 9.78 Å². The van der Waals surface area contributed by atoms with Gasteiger partial charge in [-0.25, -0.2) is 24.9 Å². The fraction of sp³-hybridized carbons (Fsp3) is 0.317. The Bertz CT molecular complexity index is 2370. The Balaban J connectivity index is 0.809. The Kier molecular flexibility index (Phi) is 11.5. The van der Waals surface area contributed by atoms with E-state index in [-0.39, 0.29) is 35.7 Å². The van der Waals surface area contributed by atoms with E-state index >= 15 is 0 Å². The van der Waals surface area contributed by atoms with Gasteiger partial charge in [0.15, 0.2) is 0 Å². The summed E-state index contributed by atoms with van der Waals surface area (Å²) in [7, 11) is 0. The summed E-state index contributed by atoms with van der Waals surface area (Å²) in [5.74, 6) is 2.85. The standard InChI is InChI=1S/C41H44N12O3S/c1-57-34-11-14-38(44-25-34)50-29-6-5-28(19-29)48-37-13-10-33(24-43-37)53-40(56)26(15-16-47-53)18-35(54)27-21-45-41(46-22-27)51-31-8-7-30(20-31)49-36-12-9-32(23-42-36)52-17-3-2-4-39(52)55/h2-4,9-17,21-25,28-31,35,54H,5-8,18-20H2,1H3,(H,42,49)(H,43,48)(H,44,50)(H,45,46,51)/t28-,29-,30-,31-,35?/m0/s1. The molecule has 2 aliphatic rings. The maximum atomic E-state index is 13.5. The summed E-state index contributed by atoms with van der Waals surface area (Å²) < 4.78 is 2.85. The number of nitrogens with zero attached hydrogens (tertiary/aromatic N) is 8. The molecule has 0 spiro atoms. The number of aliphatic hydroxyl groups is 1. The van der Waals surface area contributed by atoms with Gasteiger partial charge in [0.05, 0.1) is 29.9 Å². The largest absolute Gasteiger partial charge is 0.388 e. The molecule has 2 fully saturated rings. The van der Waals surface area contributed by atoms with E-state index in [4.69, 9.17) is 0 Å². The molecular weight excluding hydrogens is 741 g/mol. The van der Waals surface area contributed by atoms with Crippen molar-refractivity contribution >= 4 is 35.2 Å². The van der Waals surface area contributed by atoms with Crippen LogP contribution in [0, 0.1) is 0 Å². The first-order chi connectivity index (χ1) is 27.9. The summed E-state index contributed by atoms with van der Waals surface area (Å²) in [5.41, 5.74) is 1.72. The third-order valence-corrected chi connectivity index (χ3v) is 11.2. The number of pyridine rings is 4. The zero-order chi connectivity index (χ0) is 39.1. The highest BCUT2D eigenvalue weighted by Gasteiger charge is 2.27. The van der Waals surface area contributed by atoms with Gasteiger partial charge in [0.1, 0.15) is 17.5 Å². The lowest BCUT2D eigenvalue weighted by molar-refractivity contribution is 0.177. The summed E-state index contributed by atoms with van der Waals surface area (Å²) in [6, 6.07) is 19.2. The molecule has 57 heavy (non-hydrogen) atoms. The number of aromatic nitrogens is 8. The molecule has 292 valence electrons. The molecule has 5 N–H and O–H groups in total. The molecule has 5 atom stereocenters. The summed E-state index contributed by atoms with van der Waals surface area (Å²) in [4.78, 5) is 49.2. The van der Waals surface area contributed by atoms with Gasteiger partial charge in [0.2, 0.25) is 5.95 Å². The van der Waals surface area contributed by atoms with Gasteiger partial charge in [-0.05, 0) is 93.3 Å². The minimum atomic E-state index is -0.984. The Hall–Kier alpha value is -6.13. The molecule has 0 bridgehead atoms. The molecule has 16 heteroatoms. The summed E-state index contributed by atoms with van der Waals surface area (Å²) in [5, 5.41) is 29.3. The first kappa shape index (κ1) is 37.8. The number of nitrogens with one attached hydrogen (secondary N) is 4. The minimum Gasteiger partial charge on any atom is -0.388 e. The van der Waals surface area contributed by atoms with E-state index in [1.807, 2.05) is 48.9 Å². The average Bonchev–Trinajstić information content (AvgIpc) is 3.88. The molecule has 0 radical (unpaired) electrons. The second kappa shape index (κ2) is 17.3. The number of aliphatic hydroxyl groups excluding tert-OH is 1. The van der Waals surface area contributed by atoms with Gasteiger partial charge in [-0.15, -0.1) is 11.8 Å². The Morgan fingerprint density at radius 3 is 1.86 bits per heavy atom. The summed E-state index contributed by atoms with van der Waals surface area (Å²) >= 11 is 1.68. The maximum absolute atomic E-state index is 13.5. The lowest BCUT2D eigenvalue weighted by Crippen LogP contribution is -2.26. The van der Waals surface area contributed by atoms with Crippen LogP contribution in [0.1, 0.15) is 55.8 Å². The van der Waals surface area contributed by atoms with Crippen LogP contribution in [0.3, 0.4) is 0 Å². The van der Waals surface area contributed by atoms with Crippen molar-refractivity contribution < 1.29 is 5.11 Å². The van der Waals surface area contributed by atoms with Crippen molar-refractivity contribution in [1.82, 2.24) is 39.3 Å². The van der Waals surface area contributed by atoms with E-state index < -0.39 is 6.10 Å². The number of hydrogen-bond donors (Lipinski definition) is 5. The monoisotopic (exact) mass is 784 g/mol. The lowest BCUT2D eigenvalue weighted by atomic mass is 10.1. The smallest absolute Gasteiger partial charge is 0.274 e. The maximum Gasteiger partial charge on any atom is 0.274 e. The van der Waals surface area contributed by atoms with E-state index in [9.17, 15) is 14.7 Å². The van der Waals surface area contributed by atoms with Crippen LogP contribution < -0.4 is 32.4 Å². The zero-order valence-corrected chi connectivity index (χ0v) is 32.2. The number of hydrogen-bond acceptors (Lipinski definition) is 14. The quantitative estimate of drug-likeness (QED) is 0.0901. The first-order valence-electron chi connectivity index (χ1n) is 19.1. The fourth-order valence-electron chi connectivity index (χ4n) is 7.43. The molecular formula is C41H44N12O3S. The van der Waals surface area contributed by atoms with Crippen LogP contribution in [0.25, 0.3) is 11.4 Å². The highest BCUT2D eigenvalue weighted by atomic mass is 32.2. The molecule has 15 nitrogen and oxygen atoms in total. The topological polar surface area (TPSA) is 190 Å². The molecule has 0 aromatic carbocycles. The van der Waals surface area contributed by atoms with Gasteiger partial charge in [-0.1, -0.05) is 6.07 Å². The molecule has 8 rings (SSSR count). The molecule has 6 aromatic rings. The third-order valence-electron chi connectivity index (χ3n) is 10.5. The van der Waals surface area contributed by atoms with Crippen molar-refractivity contribution in [2.45, 2.75) is 80.1 Å². The van der Waals surface area contributed by atoms with Crippen LogP contribution in [-0.4, -0.2) is 74.8 Å². The highest BCUT2D eigenvalue weighted by Crippen LogP contribution is 2.27. The normalized spacial score (nSPS) is 19.5. The van der Waals surface area contributed by atoms with Crippen molar-refractivity contribution in [3.8, 4) is 11.4 Å². The van der Waals surface area contributed by atoms with Crippen molar-refractivity contribution in [1.29, 1.82) is 0 Å². The molecule has 0 amide bonds. The number of rotatable bonds is 14. The molecule has 1 unspecified atom stereocenters. The predicted octanol–water partition coefficient (Wildman–Crippen LogP) is 5.25. The Morgan fingerprint density at radius 1 is 0.702 bits per heavy atom. The zero-order valence-electron chi connectivity index (χ0n) is 31.4. The summed E-state index contributed by atoms with van der Waals surface area (Å²) in [6.07, 6.45) is 18.5. The first-order valence-corrected chi connectivity index (χ1v) is 20.3. The molecule has 0 saturated heterocycles. The van der Waals surface area contributed by atoms with Crippen molar-refractivity contribution in [3.63, 3.8) is 0 Å². The minimum absolute atomic E-state index is 0.0751. The van der Waals surface area contributed by atoms with Gasteiger partial charge >= 0.3 is 0 Å². The number of anilines is 4. The van der Waals surface area contributed by atoms with Crippen LogP contribution in [0.2, 0.25) is 0 Å². The molecule has 6 heterocycles. The van der Waals surface area contributed by atoms with E-state index in [1.54, 1.807) is 65.6 Å². The van der Waals surface area contributed by atoms with Crippen molar-refractivity contribution in [2.75, 3.05) is 27.5 Å². The van der Waals surface area contributed by atoms with E-state index in [0.717, 1.165) is 60.9 Å². The van der Waals surface area contributed by atoms with Crippen molar-refractivity contribution in [2.24, 2.45) is 0 Å². The van der Waals surface area contributed by atoms with Crippen molar-refractivity contribution in [3.05, 3.63) is 136 Å². The van der Waals surface area contributed by atoms with Crippen LogP contribution in [0.15, 0.2) is 119 Å². The van der Waals surface area contributed by atoms with Crippen LogP contribution in [0.5, 0.6) is 0 Å². The predicted molar refractivity (Wildman–Crippen MR) is 222 cm³/mol. The van der Waals surface area contributed by atoms with E-state index in [0.29, 0.717) is 34.5 Å². The van der Waals surface area contributed by atoms with Crippen LogP contribution >= 0.6 is 11.8 Å². The Labute approximate surface area is 333 Å². The van der Waals surface area contributed by atoms with E-state index in [1.165, 1.54) is 10.7 Å². The fourth-order valence-corrected chi connectivity index (χ4v) is 7.80. The third kappa shape index (κ3) is 9.30. The average molecular weight is 785 g/mol. The van der Waals surface area contributed by atoms with Gasteiger partial charge in [-0.3, -0.25) is 14.2 Å². The SMILES string of the molecule is CSc1ccc(N[C@H]2CC[C@H](Nc3ccc(-n4nccc(CC(O)c5cnc(N[C@H]6CC[C@H](Nc7ccc(-n8ccccc8=O)cn7)C6)nc5)c4=O)cn3)C2)nc1. The van der Waals surface area contributed by atoms with Crippen LogP contribution in [-0.2, 0) is 6.42 Å². The molecule has 2 saturated carbocycles. The van der Waals surface area contributed by atoms with Crippen LogP contribution in [0.4, 0.5) is 23.4 Å².